The molecule has 0 aliphatic carbocycles. The summed E-state index contributed by atoms with van der Waals surface area (Å²) in [7, 11) is 1.57. The minimum absolute atomic E-state index is 0.187. The van der Waals surface area contributed by atoms with E-state index in [2.05, 4.69) is 15.5 Å². The number of ether oxygens (including phenoxy) is 1. The van der Waals surface area contributed by atoms with Gasteiger partial charge in [-0.05, 0) is 12.1 Å². The van der Waals surface area contributed by atoms with Crippen LogP contribution in [0, 0.1) is 0 Å². The van der Waals surface area contributed by atoms with Crippen LogP contribution in [-0.2, 0) is 11.2 Å². The number of aryl methyl sites for hydroxylation is 1. The lowest BCUT2D eigenvalue weighted by Crippen LogP contribution is -2.13. The first-order valence-corrected chi connectivity index (χ1v) is 9.88. The Labute approximate surface area is 177 Å². The van der Waals surface area contributed by atoms with Gasteiger partial charge in [-0.15, -0.1) is 0 Å². The van der Waals surface area contributed by atoms with Gasteiger partial charge in [-0.2, -0.15) is 4.98 Å². The smallest absolute Gasteiger partial charge is 0.227 e. The van der Waals surface area contributed by atoms with E-state index >= 15 is 0 Å². The summed E-state index contributed by atoms with van der Waals surface area (Å²) in [5.74, 6) is 1.30. The van der Waals surface area contributed by atoms with E-state index in [-0.39, 0.29) is 12.3 Å². The van der Waals surface area contributed by atoms with Crippen molar-refractivity contribution in [1.29, 1.82) is 0 Å². The van der Waals surface area contributed by atoms with Gasteiger partial charge in [0.1, 0.15) is 16.9 Å². The van der Waals surface area contributed by atoms with Crippen LogP contribution in [0.3, 0.4) is 0 Å². The largest absolute Gasteiger partial charge is 0.495 e. The Morgan fingerprint density at radius 3 is 2.65 bits per heavy atom. The van der Waals surface area contributed by atoms with Gasteiger partial charge in [0, 0.05) is 35.2 Å². The number of nitrogens with zero attached hydrogens (tertiary/aromatic N) is 2. The number of amides is 1. The summed E-state index contributed by atoms with van der Waals surface area (Å²) < 4.78 is 16.7. The first-order chi connectivity index (χ1) is 15.2. The Bertz CT molecular complexity index is 1370. The number of rotatable bonds is 6. The number of methoxy groups -OCH3 is 1. The number of fused-ring (bicyclic) bond motifs is 3. The average molecular weight is 413 g/mol. The predicted molar refractivity (Wildman–Crippen MR) is 117 cm³/mol. The summed E-state index contributed by atoms with van der Waals surface area (Å²) in [4.78, 5) is 16.9. The fourth-order valence-electron chi connectivity index (χ4n) is 3.51. The molecule has 0 spiro atoms. The molecule has 0 fully saturated rings. The number of hydrogen-bond donors (Lipinski definition) is 1. The number of para-hydroxylation sites is 1. The van der Waals surface area contributed by atoms with Crippen LogP contribution in [0.2, 0.25) is 0 Å². The quantitative estimate of drug-likeness (QED) is 0.411. The van der Waals surface area contributed by atoms with Crippen LogP contribution in [0.15, 0.2) is 75.7 Å². The van der Waals surface area contributed by atoms with Crippen LogP contribution in [0.4, 0.5) is 5.69 Å². The molecule has 2 aromatic heterocycles. The standard InChI is InChI=1S/C24H19N3O4/c1-29-21-13-17-16-9-5-6-10-19(16)30-20(17)14-18(21)25-22(28)11-12-23-26-24(27-31-23)15-7-3-2-4-8-15/h2-10,13-14H,11-12H2,1H3,(H,25,28). The molecule has 0 aliphatic heterocycles. The summed E-state index contributed by atoms with van der Waals surface area (Å²) in [6.07, 6.45) is 0.526. The molecule has 0 atom stereocenters. The normalized spacial score (nSPS) is 11.1. The van der Waals surface area contributed by atoms with Crippen molar-refractivity contribution in [3.8, 4) is 17.1 Å². The second-order valence-electron chi connectivity index (χ2n) is 7.07. The molecule has 3 aromatic carbocycles. The van der Waals surface area contributed by atoms with Crippen molar-refractivity contribution in [1.82, 2.24) is 10.1 Å². The van der Waals surface area contributed by atoms with Gasteiger partial charge in [0.15, 0.2) is 0 Å². The molecule has 5 rings (SSSR count). The van der Waals surface area contributed by atoms with E-state index in [0.29, 0.717) is 35.2 Å². The molecule has 0 saturated heterocycles. The summed E-state index contributed by atoms with van der Waals surface area (Å²) >= 11 is 0. The van der Waals surface area contributed by atoms with Crippen molar-refractivity contribution >= 4 is 33.5 Å². The monoisotopic (exact) mass is 413 g/mol. The van der Waals surface area contributed by atoms with E-state index in [9.17, 15) is 4.79 Å². The number of aromatic nitrogens is 2. The summed E-state index contributed by atoms with van der Waals surface area (Å²) in [5.41, 5.74) is 2.88. The van der Waals surface area contributed by atoms with Gasteiger partial charge in [0.05, 0.1) is 12.8 Å². The van der Waals surface area contributed by atoms with Gasteiger partial charge in [0.25, 0.3) is 0 Å². The number of carbonyl (C=O) groups excluding carboxylic acids is 1. The zero-order chi connectivity index (χ0) is 21.2. The molecule has 0 unspecified atom stereocenters. The molecule has 31 heavy (non-hydrogen) atoms. The number of benzene rings is 3. The molecule has 154 valence electrons. The second-order valence-corrected chi connectivity index (χ2v) is 7.07. The highest BCUT2D eigenvalue weighted by Gasteiger charge is 2.15. The lowest BCUT2D eigenvalue weighted by Gasteiger charge is -2.10. The molecular formula is C24H19N3O4. The molecule has 0 aliphatic rings. The van der Waals surface area contributed by atoms with Gasteiger partial charge in [-0.1, -0.05) is 53.7 Å². The number of nitrogens with one attached hydrogen (secondary N) is 1. The van der Waals surface area contributed by atoms with E-state index in [1.165, 1.54) is 0 Å². The molecule has 7 heteroatoms. The Kier molecular flexibility index (Phi) is 4.84. The van der Waals surface area contributed by atoms with E-state index in [0.717, 1.165) is 21.9 Å². The second kappa shape index (κ2) is 7.95. The SMILES string of the molecule is COc1cc2c(cc1NC(=O)CCc1nc(-c3ccccc3)no1)oc1ccccc12. The Morgan fingerprint density at radius 1 is 1.00 bits per heavy atom. The molecule has 1 amide bonds. The average Bonchev–Trinajstić information content (AvgIpc) is 3.42. The van der Waals surface area contributed by atoms with Crippen molar-refractivity contribution in [3.63, 3.8) is 0 Å². The molecule has 7 nitrogen and oxygen atoms in total. The fourth-order valence-corrected chi connectivity index (χ4v) is 3.51. The lowest BCUT2D eigenvalue weighted by molar-refractivity contribution is -0.116. The minimum atomic E-state index is -0.187. The molecule has 5 aromatic rings. The number of furan rings is 1. The van der Waals surface area contributed by atoms with Gasteiger partial charge in [-0.25, -0.2) is 0 Å². The van der Waals surface area contributed by atoms with Crippen LogP contribution in [0.25, 0.3) is 33.3 Å². The maximum absolute atomic E-state index is 12.6. The summed E-state index contributed by atoms with van der Waals surface area (Å²) in [5, 5.41) is 8.81. The first kappa shape index (κ1) is 18.9. The Hall–Kier alpha value is -4.13. The summed E-state index contributed by atoms with van der Waals surface area (Å²) in [6, 6.07) is 21.0. The van der Waals surface area contributed by atoms with Crippen molar-refractivity contribution < 1.29 is 18.5 Å². The van der Waals surface area contributed by atoms with Crippen LogP contribution in [0.1, 0.15) is 12.3 Å². The van der Waals surface area contributed by atoms with Crippen LogP contribution < -0.4 is 10.1 Å². The zero-order valence-corrected chi connectivity index (χ0v) is 16.8. The van der Waals surface area contributed by atoms with Crippen molar-refractivity contribution in [2.45, 2.75) is 12.8 Å². The van der Waals surface area contributed by atoms with Crippen LogP contribution >= 0.6 is 0 Å². The third-order valence-corrected chi connectivity index (χ3v) is 5.04. The van der Waals surface area contributed by atoms with Gasteiger partial charge < -0.3 is 19.0 Å². The van der Waals surface area contributed by atoms with Crippen LogP contribution in [0.5, 0.6) is 5.75 Å². The van der Waals surface area contributed by atoms with E-state index in [1.54, 1.807) is 13.2 Å². The summed E-state index contributed by atoms with van der Waals surface area (Å²) in [6.45, 7) is 0. The van der Waals surface area contributed by atoms with Gasteiger partial charge in [-0.3, -0.25) is 4.79 Å². The number of hydrogen-bond acceptors (Lipinski definition) is 6. The van der Waals surface area contributed by atoms with E-state index < -0.39 is 0 Å². The molecule has 1 N–H and O–H groups in total. The fraction of sp³-hybridized carbons (Fsp3) is 0.125. The zero-order valence-electron chi connectivity index (χ0n) is 16.8. The number of anilines is 1. The predicted octanol–water partition coefficient (Wildman–Crippen LogP) is 5.22. The highest BCUT2D eigenvalue weighted by Crippen LogP contribution is 2.36. The lowest BCUT2D eigenvalue weighted by atomic mass is 10.1. The van der Waals surface area contributed by atoms with Crippen molar-refractivity contribution in [2.75, 3.05) is 12.4 Å². The molecule has 0 radical (unpaired) electrons. The highest BCUT2D eigenvalue weighted by atomic mass is 16.5. The highest BCUT2D eigenvalue weighted by molar-refractivity contribution is 6.07. The molecular weight excluding hydrogens is 394 g/mol. The minimum Gasteiger partial charge on any atom is -0.495 e. The van der Waals surface area contributed by atoms with Gasteiger partial charge >= 0.3 is 0 Å². The molecule has 0 saturated carbocycles. The first-order valence-electron chi connectivity index (χ1n) is 9.88. The maximum atomic E-state index is 12.6. The Morgan fingerprint density at radius 2 is 1.81 bits per heavy atom. The van der Waals surface area contributed by atoms with Crippen LogP contribution in [-0.4, -0.2) is 23.2 Å². The Balaban J connectivity index is 1.31. The third kappa shape index (κ3) is 3.73. The van der Waals surface area contributed by atoms with E-state index in [4.69, 9.17) is 13.7 Å². The van der Waals surface area contributed by atoms with Crippen molar-refractivity contribution in [2.24, 2.45) is 0 Å². The maximum Gasteiger partial charge on any atom is 0.227 e. The number of carbonyl (C=O) groups is 1. The van der Waals surface area contributed by atoms with Crippen molar-refractivity contribution in [3.05, 3.63) is 72.6 Å². The van der Waals surface area contributed by atoms with Gasteiger partial charge in [0.2, 0.25) is 17.6 Å². The third-order valence-electron chi connectivity index (χ3n) is 5.04. The molecule has 2 heterocycles. The topological polar surface area (TPSA) is 90.4 Å². The van der Waals surface area contributed by atoms with E-state index in [1.807, 2.05) is 60.7 Å². The molecule has 0 bridgehead atoms.